The van der Waals surface area contributed by atoms with Crippen LogP contribution in [0.5, 0.6) is 0 Å². The van der Waals surface area contributed by atoms with Crippen LogP contribution in [0.2, 0.25) is 0 Å². The molecule has 0 aliphatic rings. The average molecular weight is 994 g/mol. The largest absolute Gasteiger partial charge is 0.453 e. The molecule has 4 aromatic heterocycles. The molecule has 3 nitrogen and oxygen atoms in total. The molecule has 77 heavy (non-hydrogen) atoms. The topological polar surface area (TPSA) is 38.9 Å². The molecule has 0 N–H and O–H groups in total. The molecular weight excluding hydrogens is 942 g/mol. The first kappa shape index (κ1) is 54.5. The minimum atomic E-state index is 0.744. The lowest BCUT2D eigenvalue weighted by molar-refractivity contribution is 0.670. The van der Waals surface area contributed by atoms with Crippen LogP contribution >= 0.6 is 22.7 Å². The van der Waals surface area contributed by atoms with Crippen LogP contribution in [0.15, 0.2) is 4.42 Å². The second kappa shape index (κ2) is 18.6. The number of furan rings is 1. The maximum absolute atomic E-state index is 7.35. The van der Waals surface area contributed by atoms with Crippen LogP contribution in [0.3, 0.4) is 0 Å². The van der Waals surface area contributed by atoms with Gasteiger partial charge >= 0.3 is 0 Å². The Morgan fingerprint density at radius 1 is 0.221 bits per heavy atom. The summed E-state index contributed by atoms with van der Waals surface area (Å²) in [4.78, 5) is 10.8. The Morgan fingerprint density at radius 2 is 0.519 bits per heavy atom. The molecule has 0 aliphatic carbocycles. The standard InChI is InChI=1S/C46H52B26N2OS2/c47-13-1(16(50)27(61)17(51)3(13)5-20(54)29(63)22(56)7-9-24(58)31(65)33(67)36(70)44(9)76-42(5)7)2-15(49)12-39-41(75-40(12)35(69)19(2)53)38(73-46(72)74-39)11-14(48)4(18(52)28(62)26(11)60)6-21(55)30(64)23(57)8-10-25(59)32(66)34(68)37(71)45(10)77-43(6)8/h47-72H2. The monoisotopic (exact) mass is 999 g/mol. The number of hydrogen-bond donors (Lipinski definition) is 0. The zero-order chi connectivity index (χ0) is 56.1. The SMILES string of the molecule is Bc1nc(-c2c(B)c(B)c(B)c(-c3c(B)c(B)c(B)c4c3sc3c(B)c(B)c(B)c(B)c34)c2B)c2oc3c(B)c(B)c(-c4c(B)c(B)c(B)c(-c5c(B)c(B)c(B)c6c5sc5c(B)c(B)c(B)c(B)c56)c4B)c(B)c3c2n1. The summed E-state index contributed by atoms with van der Waals surface area (Å²) in [5, 5.41) is 6.79. The van der Waals surface area contributed by atoms with Gasteiger partial charge in [0.05, 0.1) is 5.72 Å². The Morgan fingerprint density at radius 3 is 0.948 bits per heavy atom. The highest BCUT2D eigenvalue weighted by atomic mass is 32.1. The number of fused-ring (bicyclic) bond motifs is 9. The first-order chi connectivity index (χ1) is 36.1. The molecule has 0 aliphatic heterocycles. The van der Waals surface area contributed by atoms with Crippen molar-refractivity contribution in [2.24, 2.45) is 0 Å². The van der Waals surface area contributed by atoms with E-state index in [4.69, 9.17) is 14.4 Å². The van der Waals surface area contributed by atoms with Gasteiger partial charge < -0.3 is 4.42 Å². The van der Waals surface area contributed by atoms with Gasteiger partial charge in [-0.15, -0.1) is 66.4 Å². The molecule has 0 amide bonds. The van der Waals surface area contributed by atoms with Gasteiger partial charge in [0.2, 0.25) is 0 Å². The van der Waals surface area contributed by atoms with Crippen molar-refractivity contribution in [2.45, 2.75) is 0 Å². The highest BCUT2D eigenvalue weighted by Crippen LogP contribution is 2.38. The van der Waals surface area contributed by atoms with E-state index < -0.39 is 0 Å². The molecule has 11 rings (SSSR count). The Balaban J connectivity index is 1.20. The molecule has 0 atom stereocenters. The van der Waals surface area contributed by atoms with Crippen molar-refractivity contribution in [3.05, 3.63) is 0 Å². The molecule has 0 saturated carbocycles. The van der Waals surface area contributed by atoms with Crippen molar-refractivity contribution in [1.82, 2.24) is 9.97 Å². The van der Waals surface area contributed by atoms with E-state index in [1.165, 1.54) is 205 Å². The minimum absolute atomic E-state index is 0.744. The van der Waals surface area contributed by atoms with Crippen molar-refractivity contribution < 1.29 is 4.42 Å². The van der Waals surface area contributed by atoms with Crippen LogP contribution in [0.4, 0.5) is 0 Å². The van der Waals surface area contributed by atoms with Gasteiger partial charge in [-0.05, 0) is 60.5 Å². The van der Waals surface area contributed by atoms with Crippen LogP contribution in [-0.2, 0) is 0 Å². The van der Waals surface area contributed by atoms with E-state index in [2.05, 4.69) is 204 Å². The molecular formula is C46H52B26N2OS2. The highest BCUT2D eigenvalue weighted by Gasteiger charge is 2.31. The van der Waals surface area contributed by atoms with Crippen molar-refractivity contribution in [1.29, 1.82) is 0 Å². The fourth-order valence-corrected chi connectivity index (χ4v) is 17.6. The summed E-state index contributed by atoms with van der Waals surface area (Å²) < 4.78 is 13.0. The molecule has 0 bridgehead atoms. The molecule has 11 aromatic rings. The van der Waals surface area contributed by atoms with Crippen molar-refractivity contribution >= 4 is 431 Å². The van der Waals surface area contributed by atoms with Gasteiger partial charge in [0.1, 0.15) is 213 Å². The number of rotatable bonds is 4. The zero-order valence-corrected chi connectivity index (χ0v) is 52.8. The predicted octanol–water partition coefficient (Wildman–Crippen LogP) is -31.5. The van der Waals surface area contributed by atoms with Crippen molar-refractivity contribution in [3.8, 4) is 44.6 Å². The van der Waals surface area contributed by atoms with E-state index in [-0.39, 0.29) is 0 Å². The Hall–Kier alpha value is -4.45. The van der Waals surface area contributed by atoms with Gasteiger partial charge in [0.15, 0.2) is 13.4 Å². The summed E-state index contributed by atoms with van der Waals surface area (Å²) in [5.41, 5.74) is 46.9. The number of aromatic nitrogens is 2. The lowest BCUT2D eigenvalue weighted by Crippen LogP contribution is -2.50. The summed E-state index contributed by atoms with van der Waals surface area (Å²) in [6.07, 6.45) is 0. The fraction of sp³-hybridized carbons (Fsp3) is 0. The summed E-state index contributed by atoms with van der Waals surface area (Å²) >= 11 is 4.00. The van der Waals surface area contributed by atoms with Crippen LogP contribution in [-0.4, -0.2) is 214 Å². The summed E-state index contributed by atoms with van der Waals surface area (Å²) in [7, 11) is 60.3. The van der Waals surface area contributed by atoms with Gasteiger partial charge in [0.25, 0.3) is 0 Å². The van der Waals surface area contributed by atoms with Crippen LogP contribution in [0.1, 0.15) is 0 Å². The van der Waals surface area contributed by atoms with Gasteiger partial charge in [-0.3, -0.25) is 0 Å². The molecule has 7 aromatic carbocycles. The van der Waals surface area contributed by atoms with E-state index in [1.54, 1.807) is 0 Å². The van der Waals surface area contributed by atoms with E-state index in [1.807, 2.05) is 22.7 Å². The molecule has 0 unspecified atom stereocenters. The average Bonchev–Trinajstić information content (AvgIpc) is 4.35. The molecule has 0 radical (unpaired) electrons. The summed E-state index contributed by atoms with van der Waals surface area (Å²) in [6, 6.07) is 0. The van der Waals surface area contributed by atoms with Gasteiger partial charge in [-0.1, -0.05) is 92.9 Å². The molecule has 342 valence electrons. The Bertz CT molecular complexity index is 4660. The van der Waals surface area contributed by atoms with Crippen LogP contribution < -0.4 is 142 Å². The first-order valence-corrected chi connectivity index (χ1v) is 29.5. The van der Waals surface area contributed by atoms with Gasteiger partial charge in [-0.25, -0.2) is 9.97 Å². The van der Waals surface area contributed by atoms with Gasteiger partial charge in [-0.2, -0.15) is 0 Å². The van der Waals surface area contributed by atoms with Crippen molar-refractivity contribution in [2.75, 3.05) is 0 Å². The normalized spacial score (nSPS) is 11.9. The number of benzene rings is 7. The molecule has 4 heterocycles. The third-order valence-corrected chi connectivity index (χ3v) is 23.4. The van der Waals surface area contributed by atoms with E-state index >= 15 is 0 Å². The highest BCUT2D eigenvalue weighted by molar-refractivity contribution is 7.29. The quantitative estimate of drug-likeness (QED) is 0.165. The van der Waals surface area contributed by atoms with E-state index in [9.17, 15) is 0 Å². The van der Waals surface area contributed by atoms with Crippen LogP contribution in [0, 0.1) is 0 Å². The minimum Gasteiger partial charge on any atom is -0.453 e. The zero-order valence-electron chi connectivity index (χ0n) is 51.1. The fourth-order valence-electron chi connectivity index (χ4n) is 14.4. The van der Waals surface area contributed by atoms with E-state index in [0.29, 0.717) is 0 Å². The van der Waals surface area contributed by atoms with E-state index in [0.717, 1.165) is 44.5 Å². The second-order valence-corrected chi connectivity index (χ2v) is 25.9. The third kappa shape index (κ3) is 7.18. The molecule has 0 saturated heterocycles. The second-order valence-electron chi connectivity index (χ2n) is 23.9. The number of nitrogens with zero attached hydrogens (tertiary/aromatic N) is 2. The molecule has 0 spiro atoms. The lowest BCUT2D eigenvalue weighted by atomic mass is 9.58. The Kier molecular flexibility index (Phi) is 13.1. The third-order valence-electron chi connectivity index (χ3n) is 20.7. The number of hydrogen-bond acceptors (Lipinski definition) is 5. The Labute approximate surface area is 486 Å². The van der Waals surface area contributed by atoms with Crippen LogP contribution in [0.25, 0.3) is 107 Å². The number of thiophene rings is 2. The molecule has 31 heteroatoms. The first-order valence-electron chi connectivity index (χ1n) is 27.9. The summed E-state index contributed by atoms with van der Waals surface area (Å²) in [6.45, 7) is 0. The maximum Gasteiger partial charge on any atom is 0.189 e. The lowest BCUT2D eigenvalue weighted by Gasteiger charge is -2.27. The van der Waals surface area contributed by atoms with Gasteiger partial charge in [0, 0.05) is 24.2 Å². The predicted molar refractivity (Wildman–Crippen MR) is 429 cm³/mol. The molecule has 0 fully saturated rings. The van der Waals surface area contributed by atoms with Crippen molar-refractivity contribution in [3.63, 3.8) is 0 Å². The maximum atomic E-state index is 7.35. The summed E-state index contributed by atoms with van der Waals surface area (Å²) in [5.74, 6) is 0. The smallest absolute Gasteiger partial charge is 0.189 e.